The Morgan fingerprint density at radius 2 is 2.20 bits per heavy atom. The number of ether oxygens (including phenoxy) is 2. The van der Waals surface area contributed by atoms with Crippen LogP contribution in [0.25, 0.3) is 11.3 Å². The Labute approximate surface area is 117 Å². The minimum atomic E-state index is -3.03. The maximum absolute atomic E-state index is 12.3. The predicted molar refractivity (Wildman–Crippen MR) is 65.8 cm³/mol. The molecule has 2 aromatic heterocycles. The minimum absolute atomic E-state index is 0.0453. The molecule has 0 atom stereocenters. The molecule has 0 aliphatic carbocycles. The Bertz CT molecular complexity index is 634. The number of aryl methyl sites for hydroxylation is 1. The molecule has 0 spiro atoms. The maximum Gasteiger partial charge on any atom is 0.388 e. The van der Waals surface area contributed by atoms with E-state index in [4.69, 9.17) is 16.3 Å². The molecule has 20 heavy (non-hydrogen) atoms. The molecule has 6 nitrogen and oxygen atoms in total. The number of aromatic nitrogens is 3. The second-order valence-electron chi connectivity index (χ2n) is 3.73. The lowest BCUT2D eigenvalue weighted by Crippen LogP contribution is -2.28. The van der Waals surface area contributed by atoms with E-state index in [2.05, 4.69) is 9.84 Å². The molecule has 0 N–H and O–H groups in total. The van der Waals surface area contributed by atoms with Crippen molar-refractivity contribution >= 4 is 11.6 Å². The van der Waals surface area contributed by atoms with Gasteiger partial charge in [-0.05, 0) is 6.07 Å². The zero-order chi connectivity index (χ0) is 14.9. The van der Waals surface area contributed by atoms with Gasteiger partial charge in [0.05, 0.1) is 7.11 Å². The van der Waals surface area contributed by atoms with Gasteiger partial charge in [0, 0.05) is 13.1 Å². The molecular formula is C11H10ClF2N3O3. The molecule has 0 unspecified atom stereocenters. The van der Waals surface area contributed by atoms with Gasteiger partial charge in [0.25, 0.3) is 0 Å². The van der Waals surface area contributed by atoms with Gasteiger partial charge < -0.3 is 14.7 Å². The van der Waals surface area contributed by atoms with Crippen LogP contribution >= 0.6 is 11.6 Å². The molecule has 2 aromatic rings. The number of halogens is 3. The van der Waals surface area contributed by atoms with Crippen LogP contribution < -0.4 is 14.2 Å². The van der Waals surface area contributed by atoms with E-state index in [0.29, 0.717) is 4.73 Å². The van der Waals surface area contributed by atoms with Crippen LogP contribution in [0.1, 0.15) is 0 Å². The first-order valence-electron chi connectivity index (χ1n) is 5.39. The van der Waals surface area contributed by atoms with Crippen LogP contribution in [0.2, 0.25) is 5.02 Å². The average molecular weight is 306 g/mol. The highest BCUT2D eigenvalue weighted by molar-refractivity contribution is 6.34. The van der Waals surface area contributed by atoms with Gasteiger partial charge in [0.2, 0.25) is 5.88 Å². The van der Waals surface area contributed by atoms with E-state index in [1.165, 1.54) is 32.5 Å². The smallest absolute Gasteiger partial charge is 0.388 e. The lowest BCUT2D eigenvalue weighted by Gasteiger charge is -2.06. The Hall–Kier alpha value is -2.09. The summed E-state index contributed by atoms with van der Waals surface area (Å²) in [7, 11) is 2.70. The molecule has 0 fully saturated rings. The van der Waals surface area contributed by atoms with Gasteiger partial charge in [0.1, 0.15) is 16.3 Å². The number of alkyl halides is 2. The SMILES string of the molecule is COc1c(-c2nn(C)c(OC(F)F)c2Cl)ccc[n+]1[O-]. The van der Waals surface area contributed by atoms with Crippen LogP contribution in [0.4, 0.5) is 8.78 Å². The fourth-order valence-electron chi connectivity index (χ4n) is 1.72. The van der Waals surface area contributed by atoms with Crippen molar-refractivity contribution in [1.82, 2.24) is 9.78 Å². The summed E-state index contributed by atoms with van der Waals surface area (Å²) >= 11 is 5.98. The summed E-state index contributed by atoms with van der Waals surface area (Å²) < 4.78 is 35.4. The summed E-state index contributed by atoms with van der Waals surface area (Å²) in [5.74, 6) is -0.337. The standard InChI is InChI=1S/C11H10ClF2N3O3/c1-16-10(20-11(13)14)7(12)8(15-16)6-4-3-5-17(18)9(6)19-2/h3-5,11H,1-2H3. The summed E-state index contributed by atoms with van der Waals surface area (Å²) in [6, 6.07) is 3.00. The number of hydrogen-bond acceptors (Lipinski definition) is 4. The number of hydrogen-bond donors (Lipinski definition) is 0. The second kappa shape index (κ2) is 5.49. The molecule has 2 heterocycles. The molecule has 0 saturated heterocycles. The van der Waals surface area contributed by atoms with Gasteiger partial charge in [-0.2, -0.15) is 13.9 Å². The Balaban J connectivity index is 2.57. The van der Waals surface area contributed by atoms with Crippen LogP contribution in [0.15, 0.2) is 18.3 Å². The molecule has 0 amide bonds. The highest BCUT2D eigenvalue weighted by Crippen LogP contribution is 2.37. The van der Waals surface area contributed by atoms with Crippen molar-refractivity contribution in [2.24, 2.45) is 7.05 Å². The fourth-order valence-corrected chi connectivity index (χ4v) is 2.03. The molecule has 0 bridgehead atoms. The van der Waals surface area contributed by atoms with Crippen LogP contribution in [0.3, 0.4) is 0 Å². The first kappa shape index (κ1) is 14.3. The van der Waals surface area contributed by atoms with E-state index in [1.807, 2.05) is 0 Å². The van der Waals surface area contributed by atoms with E-state index < -0.39 is 6.61 Å². The van der Waals surface area contributed by atoms with Gasteiger partial charge in [0.15, 0.2) is 6.20 Å². The van der Waals surface area contributed by atoms with Crippen molar-refractivity contribution in [3.05, 3.63) is 28.6 Å². The minimum Gasteiger partial charge on any atom is -0.616 e. The van der Waals surface area contributed by atoms with E-state index in [0.717, 1.165) is 4.68 Å². The van der Waals surface area contributed by atoms with E-state index >= 15 is 0 Å². The molecule has 0 aliphatic rings. The second-order valence-corrected chi connectivity index (χ2v) is 4.10. The van der Waals surface area contributed by atoms with Crippen molar-refractivity contribution in [3.8, 4) is 23.0 Å². The van der Waals surface area contributed by atoms with Crippen molar-refractivity contribution in [3.63, 3.8) is 0 Å². The van der Waals surface area contributed by atoms with E-state index in [9.17, 15) is 14.0 Å². The largest absolute Gasteiger partial charge is 0.616 e. The molecular weight excluding hydrogens is 296 g/mol. The molecule has 9 heteroatoms. The number of methoxy groups -OCH3 is 1. The van der Waals surface area contributed by atoms with Crippen LogP contribution in [-0.4, -0.2) is 23.5 Å². The van der Waals surface area contributed by atoms with E-state index in [1.54, 1.807) is 0 Å². The molecule has 2 rings (SSSR count). The lowest BCUT2D eigenvalue weighted by atomic mass is 10.2. The van der Waals surface area contributed by atoms with Crippen LogP contribution in [0.5, 0.6) is 11.8 Å². The van der Waals surface area contributed by atoms with Gasteiger partial charge in [-0.1, -0.05) is 11.6 Å². The fraction of sp³-hybridized carbons (Fsp3) is 0.273. The maximum atomic E-state index is 12.3. The van der Waals surface area contributed by atoms with Crippen molar-refractivity contribution in [1.29, 1.82) is 0 Å². The Morgan fingerprint density at radius 1 is 1.50 bits per heavy atom. The van der Waals surface area contributed by atoms with Crippen molar-refractivity contribution in [2.75, 3.05) is 7.11 Å². The first-order chi connectivity index (χ1) is 9.45. The first-order valence-corrected chi connectivity index (χ1v) is 5.77. The number of nitrogens with zero attached hydrogens (tertiary/aromatic N) is 3. The monoisotopic (exact) mass is 305 g/mol. The van der Waals surface area contributed by atoms with Crippen molar-refractivity contribution in [2.45, 2.75) is 6.61 Å². The van der Waals surface area contributed by atoms with Gasteiger partial charge in [-0.3, -0.25) is 0 Å². The quantitative estimate of drug-likeness (QED) is 0.640. The molecule has 108 valence electrons. The van der Waals surface area contributed by atoms with Crippen LogP contribution in [0, 0.1) is 5.21 Å². The zero-order valence-electron chi connectivity index (χ0n) is 10.5. The highest BCUT2D eigenvalue weighted by Gasteiger charge is 2.25. The van der Waals surface area contributed by atoms with Gasteiger partial charge in [-0.15, -0.1) is 4.73 Å². The number of pyridine rings is 1. The predicted octanol–water partition coefficient (Wildman–Crippen LogP) is 1.98. The molecule has 0 aliphatic heterocycles. The van der Waals surface area contributed by atoms with Gasteiger partial charge in [-0.25, -0.2) is 4.68 Å². The lowest BCUT2D eigenvalue weighted by molar-refractivity contribution is -0.611. The zero-order valence-corrected chi connectivity index (χ0v) is 11.3. The topological polar surface area (TPSA) is 63.2 Å². The molecule has 0 radical (unpaired) electrons. The van der Waals surface area contributed by atoms with Crippen LogP contribution in [-0.2, 0) is 7.05 Å². The summed E-state index contributed by atoms with van der Waals surface area (Å²) in [6.45, 7) is -3.03. The average Bonchev–Trinajstić information content (AvgIpc) is 2.66. The summed E-state index contributed by atoms with van der Waals surface area (Å²) in [4.78, 5) is 0. The van der Waals surface area contributed by atoms with E-state index in [-0.39, 0.29) is 28.0 Å². The summed E-state index contributed by atoms with van der Waals surface area (Å²) in [6.07, 6.45) is 1.23. The molecule has 0 saturated carbocycles. The molecule has 0 aromatic carbocycles. The Morgan fingerprint density at radius 3 is 2.80 bits per heavy atom. The number of rotatable bonds is 4. The third-order valence-corrected chi connectivity index (χ3v) is 2.84. The third kappa shape index (κ3) is 2.46. The summed E-state index contributed by atoms with van der Waals surface area (Å²) in [5, 5.41) is 15.4. The van der Waals surface area contributed by atoms with Gasteiger partial charge >= 0.3 is 12.5 Å². The normalized spacial score (nSPS) is 10.9. The summed E-state index contributed by atoms with van der Waals surface area (Å²) in [5.41, 5.74) is 0.390. The highest BCUT2D eigenvalue weighted by atomic mass is 35.5. The van der Waals surface area contributed by atoms with Crippen molar-refractivity contribution < 1.29 is 23.0 Å². The third-order valence-electron chi connectivity index (χ3n) is 2.50. The Kier molecular flexibility index (Phi) is 3.93.